The van der Waals surface area contributed by atoms with Crippen LogP contribution in [0, 0.1) is 5.82 Å². The highest BCUT2D eigenvalue weighted by molar-refractivity contribution is 5.96. The van der Waals surface area contributed by atoms with Gasteiger partial charge in [0, 0.05) is 5.56 Å². The first kappa shape index (κ1) is 14.3. The first-order chi connectivity index (χ1) is 9.97. The van der Waals surface area contributed by atoms with Crippen LogP contribution in [0.1, 0.15) is 15.9 Å². The Kier molecular flexibility index (Phi) is 4.03. The Morgan fingerprint density at radius 3 is 2.43 bits per heavy atom. The van der Waals surface area contributed by atoms with Gasteiger partial charge in [-0.25, -0.2) is 9.82 Å². The Hall–Kier alpha value is -3.09. The van der Waals surface area contributed by atoms with E-state index in [9.17, 15) is 19.4 Å². The number of halogens is 1. The maximum Gasteiger partial charge on any atom is 0.271 e. The molecule has 0 saturated carbocycles. The molecule has 2 aromatic rings. The van der Waals surface area contributed by atoms with E-state index in [4.69, 9.17) is 5.11 Å². The highest BCUT2D eigenvalue weighted by Gasteiger charge is 2.12. The molecule has 0 saturated heterocycles. The highest BCUT2D eigenvalue weighted by atomic mass is 19.1. The first-order valence-corrected chi connectivity index (χ1v) is 5.81. The van der Waals surface area contributed by atoms with Crippen LogP contribution in [0.2, 0.25) is 0 Å². The Morgan fingerprint density at radius 2 is 1.81 bits per heavy atom. The second-order valence-corrected chi connectivity index (χ2v) is 4.12. The second-order valence-electron chi connectivity index (χ2n) is 4.12. The van der Waals surface area contributed by atoms with Gasteiger partial charge in [0.25, 0.3) is 5.91 Å². The Bertz CT molecular complexity index is 693. The Morgan fingerprint density at radius 1 is 1.14 bits per heavy atom. The van der Waals surface area contributed by atoms with Gasteiger partial charge in [-0.05, 0) is 29.8 Å². The SMILES string of the molecule is O=C(N/N=C/c1cccc(F)c1)c1cc(O)c(O)c(O)c1. The number of nitrogens with one attached hydrogen (secondary N) is 1. The molecule has 0 unspecified atom stereocenters. The van der Waals surface area contributed by atoms with Crippen molar-refractivity contribution < 1.29 is 24.5 Å². The van der Waals surface area contributed by atoms with Crippen molar-refractivity contribution in [2.75, 3.05) is 0 Å². The van der Waals surface area contributed by atoms with Crippen LogP contribution < -0.4 is 5.43 Å². The zero-order valence-electron chi connectivity index (χ0n) is 10.6. The number of amides is 1. The molecule has 0 atom stereocenters. The van der Waals surface area contributed by atoms with Crippen molar-refractivity contribution in [3.8, 4) is 17.2 Å². The largest absolute Gasteiger partial charge is 0.504 e. The fourth-order valence-corrected chi connectivity index (χ4v) is 1.55. The van der Waals surface area contributed by atoms with Crippen LogP contribution in [-0.4, -0.2) is 27.4 Å². The first-order valence-electron chi connectivity index (χ1n) is 5.81. The summed E-state index contributed by atoms with van der Waals surface area (Å²) >= 11 is 0. The molecule has 0 aliphatic carbocycles. The van der Waals surface area contributed by atoms with Crippen LogP contribution in [0.5, 0.6) is 17.2 Å². The summed E-state index contributed by atoms with van der Waals surface area (Å²) in [7, 11) is 0. The maximum absolute atomic E-state index is 12.9. The smallest absolute Gasteiger partial charge is 0.271 e. The van der Waals surface area contributed by atoms with Crippen LogP contribution in [0.25, 0.3) is 0 Å². The van der Waals surface area contributed by atoms with Crippen molar-refractivity contribution in [1.29, 1.82) is 0 Å². The Labute approximate surface area is 118 Å². The Balaban J connectivity index is 2.08. The van der Waals surface area contributed by atoms with Crippen molar-refractivity contribution in [2.45, 2.75) is 0 Å². The molecule has 7 heteroatoms. The third kappa shape index (κ3) is 3.47. The summed E-state index contributed by atoms with van der Waals surface area (Å²) in [5.41, 5.74) is 2.50. The molecular formula is C14H11FN2O4. The van der Waals surface area contributed by atoms with E-state index in [2.05, 4.69) is 10.5 Å². The molecule has 1 amide bonds. The molecule has 4 N–H and O–H groups in total. The van der Waals surface area contributed by atoms with Gasteiger partial charge in [-0.15, -0.1) is 0 Å². The van der Waals surface area contributed by atoms with E-state index in [0.717, 1.165) is 12.1 Å². The van der Waals surface area contributed by atoms with Crippen LogP contribution in [0.3, 0.4) is 0 Å². The lowest BCUT2D eigenvalue weighted by atomic mass is 10.2. The topological polar surface area (TPSA) is 102 Å². The lowest BCUT2D eigenvalue weighted by Gasteiger charge is -2.04. The maximum atomic E-state index is 12.9. The van der Waals surface area contributed by atoms with Gasteiger partial charge in [-0.1, -0.05) is 12.1 Å². The number of phenolic OH excluding ortho intramolecular Hbond substituents is 3. The molecule has 0 radical (unpaired) electrons. The number of carbonyl (C=O) groups excluding carboxylic acids is 1. The van der Waals surface area contributed by atoms with Crippen molar-refractivity contribution in [3.63, 3.8) is 0 Å². The fourth-order valence-electron chi connectivity index (χ4n) is 1.55. The predicted molar refractivity (Wildman–Crippen MR) is 72.9 cm³/mol. The van der Waals surface area contributed by atoms with Crippen molar-refractivity contribution in [1.82, 2.24) is 5.43 Å². The number of hydrazone groups is 1. The molecule has 0 aliphatic rings. The third-order valence-electron chi connectivity index (χ3n) is 2.56. The number of aromatic hydroxyl groups is 3. The molecule has 0 fully saturated rings. The highest BCUT2D eigenvalue weighted by Crippen LogP contribution is 2.35. The lowest BCUT2D eigenvalue weighted by Crippen LogP contribution is -2.17. The van der Waals surface area contributed by atoms with Gasteiger partial charge in [0.05, 0.1) is 6.21 Å². The summed E-state index contributed by atoms with van der Waals surface area (Å²) in [5, 5.41) is 31.4. The summed E-state index contributed by atoms with van der Waals surface area (Å²) < 4.78 is 12.9. The number of hydrogen-bond donors (Lipinski definition) is 4. The minimum atomic E-state index is -0.715. The van der Waals surface area contributed by atoms with E-state index in [1.54, 1.807) is 6.07 Å². The quantitative estimate of drug-likeness (QED) is 0.392. The van der Waals surface area contributed by atoms with Crippen LogP contribution in [0.4, 0.5) is 4.39 Å². The predicted octanol–water partition coefficient (Wildman–Crippen LogP) is 1.71. The van der Waals surface area contributed by atoms with Gasteiger partial charge in [-0.3, -0.25) is 4.79 Å². The molecular weight excluding hydrogens is 279 g/mol. The van der Waals surface area contributed by atoms with Crippen molar-refractivity contribution in [2.24, 2.45) is 5.10 Å². The molecule has 2 aromatic carbocycles. The average Bonchev–Trinajstić information content (AvgIpc) is 2.44. The van der Waals surface area contributed by atoms with Gasteiger partial charge in [0.15, 0.2) is 17.2 Å². The van der Waals surface area contributed by atoms with E-state index in [0.29, 0.717) is 5.56 Å². The van der Waals surface area contributed by atoms with E-state index in [1.165, 1.54) is 24.4 Å². The van der Waals surface area contributed by atoms with E-state index < -0.39 is 29.0 Å². The molecule has 0 aliphatic heterocycles. The number of hydrogen-bond acceptors (Lipinski definition) is 5. The number of phenols is 3. The molecule has 0 aromatic heterocycles. The number of rotatable bonds is 3. The number of carbonyl (C=O) groups is 1. The van der Waals surface area contributed by atoms with Crippen LogP contribution >= 0.6 is 0 Å². The molecule has 2 rings (SSSR count). The van der Waals surface area contributed by atoms with Crippen LogP contribution in [-0.2, 0) is 0 Å². The van der Waals surface area contributed by atoms with E-state index in [1.807, 2.05) is 0 Å². The minimum Gasteiger partial charge on any atom is -0.504 e. The summed E-state index contributed by atoms with van der Waals surface area (Å²) in [4.78, 5) is 11.7. The molecule has 0 spiro atoms. The molecule has 21 heavy (non-hydrogen) atoms. The zero-order chi connectivity index (χ0) is 15.4. The molecule has 0 bridgehead atoms. The summed E-state index contributed by atoms with van der Waals surface area (Å²) in [5.74, 6) is -3.12. The monoisotopic (exact) mass is 290 g/mol. The molecule has 6 nitrogen and oxygen atoms in total. The number of nitrogens with zero attached hydrogens (tertiary/aromatic N) is 1. The summed E-state index contributed by atoms with van der Waals surface area (Å²) in [6.45, 7) is 0. The van der Waals surface area contributed by atoms with Gasteiger partial charge in [0.2, 0.25) is 0 Å². The van der Waals surface area contributed by atoms with Gasteiger partial charge in [0.1, 0.15) is 5.82 Å². The minimum absolute atomic E-state index is 0.0980. The van der Waals surface area contributed by atoms with Gasteiger partial charge >= 0.3 is 0 Å². The lowest BCUT2D eigenvalue weighted by molar-refractivity contribution is 0.0954. The summed E-state index contributed by atoms with van der Waals surface area (Å²) in [6, 6.07) is 7.54. The average molecular weight is 290 g/mol. The van der Waals surface area contributed by atoms with Crippen molar-refractivity contribution in [3.05, 3.63) is 53.3 Å². The summed E-state index contributed by atoms with van der Waals surface area (Å²) in [6.07, 6.45) is 1.24. The van der Waals surface area contributed by atoms with Gasteiger partial charge < -0.3 is 15.3 Å². The third-order valence-corrected chi connectivity index (χ3v) is 2.56. The van der Waals surface area contributed by atoms with Crippen molar-refractivity contribution >= 4 is 12.1 Å². The second kappa shape index (κ2) is 5.91. The van der Waals surface area contributed by atoms with E-state index >= 15 is 0 Å². The molecule has 108 valence electrons. The normalized spacial score (nSPS) is 10.7. The van der Waals surface area contributed by atoms with Crippen LogP contribution in [0.15, 0.2) is 41.5 Å². The standard InChI is InChI=1S/C14H11FN2O4/c15-10-3-1-2-8(4-10)7-16-17-14(21)9-5-11(18)13(20)12(19)6-9/h1-7,18-20H,(H,17,21)/b16-7+. The van der Waals surface area contributed by atoms with E-state index in [-0.39, 0.29) is 5.56 Å². The number of benzene rings is 2. The fraction of sp³-hybridized carbons (Fsp3) is 0. The molecule has 0 heterocycles. The zero-order valence-corrected chi connectivity index (χ0v) is 10.6. The van der Waals surface area contributed by atoms with Gasteiger partial charge in [-0.2, -0.15) is 5.10 Å².